The molecule has 0 unspecified atom stereocenters. The summed E-state index contributed by atoms with van der Waals surface area (Å²) in [5.41, 5.74) is 1.72. The van der Waals surface area contributed by atoms with Crippen LogP contribution < -0.4 is 4.74 Å². The number of fused-ring (bicyclic) bond motifs is 4. The van der Waals surface area contributed by atoms with Gasteiger partial charge >= 0.3 is 198 Å². The summed E-state index contributed by atoms with van der Waals surface area (Å²) in [6.45, 7) is 11.0. The van der Waals surface area contributed by atoms with Gasteiger partial charge in [0.05, 0.1) is 0 Å². The third-order valence-corrected chi connectivity index (χ3v) is 10.0. The molecule has 4 heterocycles. The van der Waals surface area contributed by atoms with Gasteiger partial charge < -0.3 is 0 Å². The van der Waals surface area contributed by atoms with Gasteiger partial charge in [-0.25, -0.2) is 0 Å². The van der Waals surface area contributed by atoms with Crippen LogP contribution in [0, 0.1) is 12.1 Å². The summed E-state index contributed by atoms with van der Waals surface area (Å²) < 4.78 is 9.07. The van der Waals surface area contributed by atoms with E-state index in [9.17, 15) is 0 Å². The quantitative estimate of drug-likeness (QED) is 0.423. The van der Waals surface area contributed by atoms with Gasteiger partial charge in [0, 0.05) is 0 Å². The van der Waals surface area contributed by atoms with Gasteiger partial charge in [0.1, 0.15) is 0 Å². The van der Waals surface area contributed by atoms with Crippen LogP contribution in [0.4, 0.5) is 0 Å². The summed E-state index contributed by atoms with van der Waals surface area (Å²) in [7, 11) is 0. The van der Waals surface area contributed by atoms with Crippen LogP contribution >= 0.6 is 0 Å². The first-order valence-corrected chi connectivity index (χ1v) is 13.2. The van der Waals surface area contributed by atoms with Crippen molar-refractivity contribution in [1.82, 2.24) is 19.6 Å². The molecule has 4 aliphatic heterocycles. The zero-order valence-electron chi connectivity index (χ0n) is 18.7. The average molecular weight is 606 g/mol. The Balaban J connectivity index is 1.63. The van der Waals surface area contributed by atoms with Gasteiger partial charge in [0.2, 0.25) is 0 Å². The first-order chi connectivity index (χ1) is 15.3. The molecule has 4 aliphatic rings. The Bertz CT molecular complexity index is 1150. The Morgan fingerprint density at radius 1 is 0.719 bits per heavy atom. The molecule has 6 rings (SSSR count). The van der Waals surface area contributed by atoms with Crippen molar-refractivity contribution in [2.75, 3.05) is 13.1 Å². The summed E-state index contributed by atoms with van der Waals surface area (Å²) in [5.74, 6) is 1.44. The number of ether oxygens (including phenoxy) is 1. The number of hydrogen-bond donors (Lipinski definition) is 0. The molecule has 6 bridgehead atoms. The van der Waals surface area contributed by atoms with Crippen LogP contribution in [0.15, 0.2) is 61.2 Å². The summed E-state index contributed by atoms with van der Waals surface area (Å²) in [6.07, 6.45) is 8.97. The van der Waals surface area contributed by atoms with E-state index < -0.39 is 17.6 Å². The van der Waals surface area contributed by atoms with Gasteiger partial charge in [-0.05, 0) is 0 Å². The van der Waals surface area contributed by atoms with Crippen molar-refractivity contribution >= 4 is 8.29 Å². The second-order valence-electron chi connectivity index (χ2n) is 9.36. The Labute approximate surface area is 197 Å². The second kappa shape index (κ2) is 6.92. The van der Waals surface area contributed by atoms with Crippen molar-refractivity contribution in [3.63, 3.8) is 0 Å². The first kappa shape index (κ1) is 20.0. The molecule has 0 N–H and O–H groups in total. The molecular weight excluding hydrogens is 579 g/mol. The van der Waals surface area contributed by atoms with Crippen LogP contribution in [-0.4, -0.2) is 41.0 Å². The van der Waals surface area contributed by atoms with Gasteiger partial charge in [0.15, 0.2) is 0 Å². The Kier molecular flexibility index (Phi) is 4.32. The topological polar surface area (TPSA) is 22.2 Å². The minimum absolute atomic E-state index is 0.252. The predicted octanol–water partition coefficient (Wildman–Crippen LogP) is 4.01. The van der Waals surface area contributed by atoms with Crippen molar-refractivity contribution in [3.8, 4) is 11.5 Å². The van der Waals surface area contributed by atoms with Crippen molar-refractivity contribution in [1.29, 1.82) is 0 Å². The number of rotatable bonds is 0. The third kappa shape index (κ3) is 2.94. The van der Waals surface area contributed by atoms with E-state index in [1.807, 2.05) is 12.1 Å². The second-order valence-corrected chi connectivity index (χ2v) is 12.0. The van der Waals surface area contributed by atoms with Crippen LogP contribution in [0.25, 0.3) is 0 Å². The Morgan fingerprint density at radius 3 is 1.66 bits per heavy atom. The molecule has 0 radical (unpaired) electrons. The van der Waals surface area contributed by atoms with E-state index in [1.54, 1.807) is 0 Å². The fourth-order valence-corrected chi connectivity index (χ4v) is 8.58. The third-order valence-electron chi connectivity index (χ3n) is 6.60. The maximum atomic E-state index is 6.26. The van der Waals surface area contributed by atoms with Crippen molar-refractivity contribution in [2.45, 2.75) is 38.8 Å². The average Bonchev–Trinajstić information content (AvgIpc) is 3.33. The normalized spacial score (nSPS) is 22.4. The molecule has 2 aromatic carbocycles. The maximum absolute atomic E-state index is 6.26. The van der Waals surface area contributed by atoms with Crippen LogP contribution in [0.5, 0.6) is 11.5 Å². The van der Waals surface area contributed by atoms with Gasteiger partial charge in [0.25, 0.3) is 0 Å². The van der Waals surface area contributed by atoms with Gasteiger partial charge in [-0.3, -0.25) is 0 Å². The summed E-state index contributed by atoms with van der Waals surface area (Å²) in [4.78, 5) is 9.79. The Hall–Kier alpha value is -2.65. The summed E-state index contributed by atoms with van der Waals surface area (Å²) >= 11 is -0.450. The van der Waals surface area contributed by atoms with E-state index in [0.717, 1.165) is 35.7 Å². The summed E-state index contributed by atoms with van der Waals surface area (Å²) in [6, 6.07) is 19.5. The molecule has 0 spiro atoms. The Morgan fingerprint density at radius 2 is 1.19 bits per heavy atom. The van der Waals surface area contributed by atoms with Gasteiger partial charge in [-0.1, -0.05) is 0 Å². The predicted molar refractivity (Wildman–Crippen MR) is 122 cm³/mol. The first-order valence-electron chi connectivity index (χ1n) is 10.9. The zero-order chi connectivity index (χ0) is 22.1. The molecule has 0 saturated heterocycles. The van der Waals surface area contributed by atoms with E-state index >= 15 is 0 Å². The van der Waals surface area contributed by atoms with E-state index in [-0.39, 0.29) is 11.1 Å². The SMILES string of the molecule is CC1(C)c2[c-]c(ccc2)Oc2[c-]c(ccc2)C(C)(C)N2C=CN3CCN4C=CN1[C]4=[Pt]=[C]32. The molecule has 6 heteroatoms. The molecule has 32 heavy (non-hydrogen) atoms. The van der Waals surface area contributed by atoms with E-state index in [0.29, 0.717) is 0 Å². The summed E-state index contributed by atoms with van der Waals surface area (Å²) in [5, 5.41) is 0. The van der Waals surface area contributed by atoms with E-state index in [2.05, 4.69) is 108 Å². The van der Waals surface area contributed by atoms with Crippen molar-refractivity contribution in [3.05, 3.63) is 84.5 Å². The number of hydrogen-bond acceptors (Lipinski definition) is 5. The van der Waals surface area contributed by atoms with Gasteiger partial charge in [-0.15, -0.1) is 0 Å². The number of benzene rings is 2. The fraction of sp³-hybridized carbons (Fsp3) is 0.308. The zero-order valence-corrected chi connectivity index (χ0v) is 21.0. The fourth-order valence-electron chi connectivity index (χ4n) is 4.47. The monoisotopic (exact) mass is 605 g/mol. The molecule has 5 nitrogen and oxygen atoms in total. The van der Waals surface area contributed by atoms with Crippen LogP contribution in [0.3, 0.4) is 0 Å². The standard InChI is InChI=1S/C26H26N4O.Pt/c1-25(2)21-7-5-9-23(17-21)31-24-10-6-8-22(18-24)26(3,4)30-16-14-28(20-30)12-11-27-13-15-29(25)19-27;/h5-10,13-16H,11-12H2,1-4H3;/q-2;. The molecular formula is C26H26N4OPt-2. The molecule has 0 amide bonds. The van der Waals surface area contributed by atoms with Crippen LogP contribution in [0.1, 0.15) is 38.8 Å². The van der Waals surface area contributed by atoms with Crippen LogP contribution in [0.2, 0.25) is 0 Å². The van der Waals surface area contributed by atoms with Crippen LogP contribution in [-0.2, 0) is 28.7 Å². The van der Waals surface area contributed by atoms with Crippen molar-refractivity contribution < 1.29 is 22.4 Å². The molecule has 0 aromatic heterocycles. The molecule has 0 aliphatic carbocycles. The number of nitrogens with zero attached hydrogens (tertiary/aromatic N) is 4. The minimum atomic E-state index is -0.450. The molecule has 0 fully saturated rings. The molecule has 2 aromatic rings. The van der Waals surface area contributed by atoms with Gasteiger partial charge in [-0.2, -0.15) is 0 Å². The van der Waals surface area contributed by atoms with Crippen molar-refractivity contribution in [2.24, 2.45) is 0 Å². The van der Waals surface area contributed by atoms with E-state index in [1.165, 1.54) is 8.29 Å². The molecule has 0 saturated carbocycles. The molecule has 0 atom stereocenters. The van der Waals surface area contributed by atoms with E-state index in [4.69, 9.17) is 4.74 Å². The molecule has 168 valence electrons.